The third-order valence-electron chi connectivity index (χ3n) is 6.06. The molecule has 3 heterocycles. The van der Waals surface area contributed by atoms with E-state index in [2.05, 4.69) is 15.3 Å². The van der Waals surface area contributed by atoms with Crippen LogP contribution in [0.1, 0.15) is 48.2 Å². The van der Waals surface area contributed by atoms with Crippen LogP contribution >= 0.6 is 0 Å². The van der Waals surface area contributed by atoms with Crippen molar-refractivity contribution in [3.63, 3.8) is 0 Å². The smallest absolute Gasteiger partial charge is 0.253 e. The molecular weight excluding hydrogens is 376 g/mol. The lowest BCUT2D eigenvalue weighted by Crippen LogP contribution is -2.31. The zero-order valence-electron chi connectivity index (χ0n) is 17.0. The lowest BCUT2D eigenvalue weighted by atomic mass is 9.90. The molecule has 6 nitrogen and oxygen atoms in total. The Hall–Kier alpha value is -3.15. The van der Waals surface area contributed by atoms with Crippen LogP contribution in [-0.4, -0.2) is 34.0 Å². The minimum absolute atomic E-state index is 0.0307. The van der Waals surface area contributed by atoms with E-state index in [9.17, 15) is 4.79 Å². The molecule has 0 bridgehead atoms. The Bertz CT molecular complexity index is 1040. The Kier molecular flexibility index (Phi) is 5.22. The molecule has 1 aliphatic carbocycles. The van der Waals surface area contributed by atoms with Crippen molar-refractivity contribution in [3.05, 3.63) is 53.9 Å². The number of aromatic amines is 1. The normalized spacial score (nSPS) is 16.7. The maximum atomic E-state index is 12.0. The number of amides is 1. The van der Waals surface area contributed by atoms with Crippen LogP contribution in [-0.2, 0) is 6.42 Å². The number of nitrogens with one attached hydrogen (secondary N) is 2. The second-order valence-electron chi connectivity index (χ2n) is 8.19. The largest absolute Gasteiger partial charge is 0.493 e. The summed E-state index contributed by atoms with van der Waals surface area (Å²) in [5, 5.41) is 2.87. The van der Waals surface area contributed by atoms with Crippen LogP contribution in [0.25, 0.3) is 22.8 Å². The van der Waals surface area contributed by atoms with Gasteiger partial charge in [-0.3, -0.25) is 4.79 Å². The number of carbonyl (C=O) groups is 1. The first kappa shape index (κ1) is 18.9. The first-order valence-corrected chi connectivity index (χ1v) is 10.8. The van der Waals surface area contributed by atoms with Crippen LogP contribution in [0.3, 0.4) is 0 Å². The van der Waals surface area contributed by atoms with E-state index in [1.807, 2.05) is 36.4 Å². The molecular formula is C24H26N4O2. The maximum Gasteiger partial charge on any atom is 0.253 e. The van der Waals surface area contributed by atoms with Gasteiger partial charge in [-0.05, 0) is 55.2 Å². The van der Waals surface area contributed by atoms with Gasteiger partial charge in [-0.2, -0.15) is 0 Å². The van der Waals surface area contributed by atoms with Crippen molar-refractivity contribution < 1.29 is 9.53 Å². The Morgan fingerprint density at radius 2 is 1.90 bits per heavy atom. The van der Waals surface area contributed by atoms with E-state index in [0.717, 1.165) is 41.4 Å². The predicted octanol–water partition coefficient (Wildman–Crippen LogP) is 4.38. The molecule has 0 atom stereocenters. The Balaban J connectivity index is 1.31. The monoisotopic (exact) mass is 402 g/mol. The van der Waals surface area contributed by atoms with Crippen molar-refractivity contribution in [2.75, 3.05) is 13.2 Å². The van der Waals surface area contributed by atoms with Crippen LogP contribution < -0.4 is 10.1 Å². The van der Waals surface area contributed by atoms with Crippen LogP contribution in [0, 0.1) is 5.92 Å². The Morgan fingerprint density at radius 1 is 1.07 bits per heavy atom. The fourth-order valence-electron chi connectivity index (χ4n) is 4.35. The average molecular weight is 402 g/mol. The topological polar surface area (TPSA) is 79.9 Å². The molecule has 3 aromatic rings. The van der Waals surface area contributed by atoms with E-state index in [4.69, 9.17) is 9.72 Å². The second-order valence-corrected chi connectivity index (χ2v) is 8.19. The first-order chi connectivity index (χ1) is 14.8. The lowest BCUT2D eigenvalue weighted by molar-refractivity contribution is 0.0946. The molecule has 1 saturated carbocycles. The van der Waals surface area contributed by atoms with Crippen molar-refractivity contribution in [3.8, 4) is 28.5 Å². The molecule has 0 unspecified atom stereocenters. The van der Waals surface area contributed by atoms with E-state index in [-0.39, 0.29) is 5.91 Å². The van der Waals surface area contributed by atoms with E-state index in [1.54, 1.807) is 6.20 Å². The van der Waals surface area contributed by atoms with Gasteiger partial charge < -0.3 is 15.0 Å². The van der Waals surface area contributed by atoms with Crippen LogP contribution in [0.15, 0.2) is 42.6 Å². The molecule has 5 rings (SSSR count). The summed E-state index contributed by atoms with van der Waals surface area (Å²) >= 11 is 0. The number of fused-ring (bicyclic) bond motifs is 1. The summed E-state index contributed by atoms with van der Waals surface area (Å²) in [7, 11) is 0. The van der Waals surface area contributed by atoms with Gasteiger partial charge in [-0.1, -0.05) is 19.3 Å². The van der Waals surface area contributed by atoms with E-state index < -0.39 is 0 Å². The highest BCUT2D eigenvalue weighted by Gasteiger charge is 2.20. The van der Waals surface area contributed by atoms with Gasteiger partial charge in [-0.25, -0.2) is 9.97 Å². The summed E-state index contributed by atoms with van der Waals surface area (Å²) < 4.78 is 6.00. The van der Waals surface area contributed by atoms with E-state index >= 15 is 0 Å². The molecule has 0 spiro atoms. The van der Waals surface area contributed by atoms with Crippen molar-refractivity contribution in [2.24, 2.45) is 5.92 Å². The summed E-state index contributed by atoms with van der Waals surface area (Å²) in [6, 6.07) is 11.7. The average Bonchev–Trinajstić information content (AvgIpc) is 3.25. The van der Waals surface area contributed by atoms with Gasteiger partial charge in [0.1, 0.15) is 5.75 Å². The van der Waals surface area contributed by atoms with Crippen LogP contribution in [0.2, 0.25) is 0 Å². The van der Waals surface area contributed by atoms with Gasteiger partial charge in [0.25, 0.3) is 5.91 Å². The molecule has 2 N–H and O–H groups in total. The van der Waals surface area contributed by atoms with Crippen molar-refractivity contribution in [1.29, 1.82) is 0 Å². The maximum absolute atomic E-state index is 12.0. The quantitative estimate of drug-likeness (QED) is 0.664. The van der Waals surface area contributed by atoms with Gasteiger partial charge in [-0.15, -0.1) is 0 Å². The molecule has 6 heteroatoms. The number of hydrogen-bond acceptors (Lipinski definition) is 4. The third-order valence-corrected chi connectivity index (χ3v) is 6.06. The van der Waals surface area contributed by atoms with E-state index in [0.29, 0.717) is 23.9 Å². The fraction of sp³-hybridized carbons (Fsp3) is 0.375. The Morgan fingerprint density at radius 3 is 2.70 bits per heavy atom. The predicted molar refractivity (Wildman–Crippen MR) is 115 cm³/mol. The van der Waals surface area contributed by atoms with Crippen molar-refractivity contribution >= 4 is 5.91 Å². The highest BCUT2D eigenvalue weighted by atomic mass is 16.5. The summed E-state index contributed by atoms with van der Waals surface area (Å²) in [6.45, 7) is 1.46. The first-order valence-electron chi connectivity index (χ1n) is 10.8. The van der Waals surface area contributed by atoms with Crippen molar-refractivity contribution in [1.82, 2.24) is 20.3 Å². The molecule has 2 aromatic heterocycles. The fourth-order valence-corrected chi connectivity index (χ4v) is 4.35. The molecule has 1 amide bonds. The number of ether oxygens (including phenoxy) is 1. The van der Waals surface area contributed by atoms with Crippen molar-refractivity contribution in [2.45, 2.75) is 38.5 Å². The van der Waals surface area contributed by atoms with Crippen LogP contribution in [0.5, 0.6) is 5.75 Å². The second kappa shape index (κ2) is 8.30. The number of carbonyl (C=O) groups excluding carboxylic acids is 1. The summed E-state index contributed by atoms with van der Waals surface area (Å²) in [5.74, 6) is 2.20. The van der Waals surface area contributed by atoms with Gasteiger partial charge in [0, 0.05) is 30.4 Å². The highest BCUT2D eigenvalue weighted by Crippen LogP contribution is 2.27. The molecule has 0 saturated heterocycles. The molecule has 30 heavy (non-hydrogen) atoms. The highest BCUT2D eigenvalue weighted by molar-refractivity contribution is 5.97. The van der Waals surface area contributed by atoms with Gasteiger partial charge >= 0.3 is 0 Å². The molecule has 2 aliphatic rings. The standard InChI is InChI=1S/C24H26N4O2/c29-24-19-14-22(27-20(19)10-13-26-24)21-11-12-25-23(28-21)17-6-8-18(9-7-17)30-15-16-4-2-1-3-5-16/h6-9,11-12,14,16,27H,1-5,10,13,15H2,(H,26,29). The number of aromatic nitrogens is 3. The molecule has 1 aliphatic heterocycles. The SMILES string of the molecule is O=C1NCCc2[nH]c(-c3ccnc(-c4ccc(OCC5CCCCC5)cc4)n3)cc21. The van der Waals surface area contributed by atoms with Gasteiger partial charge in [0.15, 0.2) is 5.82 Å². The molecule has 154 valence electrons. The number of H-pyrrole nitrogens is 1. The molecule has 0 radical (unpaired) electrons. The van der Waals surface area contributed by atoms with Crippen LogP contribution in [0.4, 0.5) is 0 Å². The minimum Gasteiger partial charge on any atom is -0.493 e. The lowest BCUT2D eigenvalue weighted by Gasteiger charge is -2.21. The number of rotatable bonds is 5. The molecule has 1 aromatic carbocycles. The Labute approximate surface area is 176 Å². The van der Waals surface area contributed by atoms with E-state index in [1.165, 1.54) is 32.1 Å². The number of benzene rings is 1. The summed E-state index contributed by atoms with van der Waals surface area (Å²) in [5.41, 5.74) is 4.23. The number of hydrogen-bond donors (Lipinski definition) is 2. The van der Waals surface area contributed by atoms with Gasteiger partial charge in [0.05, 0.1) is 23.6 Å². The summed E-state index contributed by atoms with van der Waals surface area (Å²) in [4.78, 5) is 24.5. The minimum atomic E-state index is -0.0307. The zero-order valence-corrected chi connectivity index (χ0v) is 17.0. The zero-order chi connectivity index (χ0) is 20.3. The molecule has 1 fully saturated rings. The summed E-state index contributed by atoms with van der Waals surface area (Å²) in [6.07, 6.45) is 9.14. The third kappa shape index (κ3) is 3.95. The number of nitrogens with zero attached hydrogens (tertiary/aromatic N) is 2. The van der Waals surface area contributed by atoms with Gasteiger partial charge in [0.2, 0.25) is 0 Å².